The Hall–Kier alpha value is -3.84. The van der Waals surface area contributed by atoms with Crippen molar-refractivity contribution >= 4 is 39.7 Å². The predicted molar refractivity (Wildman–Crippen MR) is 137 cm³/mol. The van der Waals surface area contributed by atoms with Crippen LogP contribution >= 0.6 is 12.2 Å². The van der Waals surface area contributed by atoms with Gasteiger partial charge in [0.25, 0.3) is 5.56 Å². The van der Waals surface area contributed by atoms with Gasteiger partial charge in [0.15, 0.2) is 10.9 Å². The first-order valence-corrected chi connectivity index (χ1v) is 10.9. The van der Waals surface area contributed by atoms with Gasteiger partial charge in [0.2, 0.25) is 0 Å². The molecule has 166 valence electrons. The Morgan fingerprint density at radius 3 is 2.55 bits per heavy atom. The predicted octanol–water partition coefficient (Wildman–Crippen LogP) is 4.39. The molecule has 0 bridgehead atoms. The van der Waals surface area contributed by atoms with Gasteiger partial charge >= 0.3 is 0 Å². The second-order valence-electron chi connectivity index (χ2n) is 7.93. The summed E-state index contributed by atoms with van der Waals surface area (Å²) >= 11 is 5.37. The molecule has 0 unspecified atom stereocenters. The van der Waals surface area contributed by atoms with Gasteiger partial charge in [-0.05, 0) is 61.5 Å². The van der Waals surface area contributed by atoms with Crippen LogP contribution in [0.4, 0.5) is 5.69 Å². The smallest absolute Gasteiger partial charge is 0.258 e. The fraction of sp³-hybridized carbons (Fsp3) is 0.154. The van der Waals surface area contributed by atoms with Crippen LogP contribution in [0, 0.1) is 13.8 Å². The molecule has 0 saturated heterocycles. The summed E-state index contributed by atoms with van der Waals surface area (Å²) in [4.78, 5) is 29.8. The summed E-state index contributed by atoms with van der Waals surface area (Å²) in [6.07, 6.45) is 1.79. The summed E-state index contributed by atoms with van der Waals surface area (Å²) in [6.45, 7) is 3.96. The Balaban J connectivity index is 1.57. The molecule has 4 aromatic rings. The number of hydrogen-bond acceptors (Lipinski definition) is 4. The number of nitrogens with zero attached hydrogens (tertiary/aromatic N) is 2. The van der Waals surface area contributed by atoms with E-state index in [9.17, 15) is 9.59 Å². The number of pyridine rings is 2. The molecular weight excluding hydrogens is 432 g/mol. The Morgan fingerprint density at radius 2 is 1.79 bits per heavy atom. The molecule has 0 atom stereocenters. The largest absolute Gasteiger partial charge is 0.355 e. The molecule has 0 aliphatic rings. The van der Waals surface area contributed by atoms with Crippen LogP contribution in [0.2, 0.25) is 0 Å². The van der Waals surface area contributed by atoms with E-state index in [1.165, 1.54) is 0 Å². The molecule has 2 aromatic carbocycles. The number of benzene rings is 2. The van der Waals surface area contributed by atoms with Gasteiger partial charge in [-0.25, -0.2) is 0 Å². The van der Waals surface area contributed by atoms with E-state index in [4.69, 9.17) is 12.2 Å². The number of carbonyl (C=O) groups is 1. The maximum absolute atomic E-state index is 13.1. The number of anilines is 1. The first kappa shape index (κ1) is 22.4. The van der Waals surface area contributed by atoms with Crippen molar-refractivity contribution in [3.63, 3.8) is 0 Å². The van der Waals surface area contributed by atoms with Crippen molar-refractivity contribution in [3.8, 4) is 11.1 Å². The molecule has 2 aromatic heterocycles. The zero-order valence-corrected chi connectivity index (χ0v) is 19.5. The third-order valence-corrected chi connectivity index (χ3v) is 5.78. The van der Waals surface area contributed by atoms with E-state index in [2.05, 4.69) is 15.6 Å². The number of thiocarbonyl (C=S) groups is 1. The van der Waals surface area contributed by atoms with Crippen molar-refractivity contribution in [1.82, 2.24) is 14.9 Å². The van der Waals surface area contributed by atoms with Gasteiger partial charge in [-0.2, -0.15) is 0 Å². The molecule has 2 heterocycles. The maximum Gasteiger partial charge on any atom is 0.258 e. The highest BCUT2D eigenvalue weighted by Gasteiger charge is 2.13. The number of rotatable bonds is 5. The second kappa shape index (κ2) is 9.34. The number of aromatic nitrogens is 2. The van der Waals surface area contributed by atoms with Crippen LogP contribution in [0.25, 0.3) is 22.0 Å². The monoisotopic (exact) mass is 456 g/mol. The first-order valence-electron chi connectivity index (χ1n) is 10.5. The van der Waals surface area contributed by atoms with Gasteiger partial charge in [0.05, 0.1) is 12.1 Å². The second-order valence-corrected chi connectivity index (χ2v) is 8.34. The van der Waals surface area contributed by atoms with Crippen molar-refractivity contribution in [1.29, 1.82) is 0 Å². The van der Waals surface area contributed by atoms with E-state index in [1.54, 1.807) is 29.9 Å². The van der Waals surface area contributed by atoms with Gasteiger partial charge in [0.1, 0.15) is 0 Å². The third kappa shape index (κ3) is 4.83. The highest BCUT2D eigenvalue weighted by molar-refractivity contribution is 7.80. The average molecular weight is 457 g/mol. The minimum Gasteiger partial charge on any atom is -0.355 e. The lowest BCUT2D eigenvalue weighted by Crippen LogP contribution is -2.33. The summed E-state index contributed by atoms with van der Waals surface area (Å²) < 4.78 is 1.65. The summed E-state index contributed by atoms with van der Waals surface area (Å²) in [5, 5.41) is 7.29. The Labute approximate surface area is 197 Å². The molecule has 0 amide bonds. The molecule has 0 fully saturated rings. The lowest BCUT2D eigenvalue weighted by atomic mass is 9.99. The van der Waals surface area contributed by atoms with Crippen molar-refractivity contribution in [2.24, 2.45) is 7.05 Å². The van der Waals surface area contributed by atoms with E-state index in [0.717, 1.165) is 33.4 Å². The standard InChI is InChI=1S/C26H24N4O2S/c1-16-9-10-20(29-26(33)28-15-24(31)18-7-5-4-6-8-18)13-21(16)22-12-19-14-27-17(2)11-23(19)30(3)25(22)32/h4-14H,15H2,1-3H3,(H2,28,29,33). The minimum absolute atomic E-state index is 0.0483. The normalized spacial score (nSPS) is 10.8. The van der Waals surface area contributed by atoms with Gasteiger partial charge < -0.3 is 15.2 Å². The van der Waals surface area contributed by atoms with Gasteiger partial charge in [-0.15, -0.1) is 0 Å². The van der Waals surface area contributed by atoms with Crippen LogP contribution in [0.1, 0.15) is 21.6 Å². The number of fused-ring (bicyclic) bond motifs is 1. The number of hydrogen-bond donors (Lipinski definition) is 2. The van der Waals surface area contributed by atoms with Crippen molar-refractivity contribution < 1.29 is 4.79 Å². The fourth-order valence-electron chi connectivity index (χ4n) is 3.71. The minimum atomic E-state index is -0.0810. The Morgan fingerprint density at radius 1 is 1.03 bits per heavy atom. The van der Waals surface area contributed by atoms with E-state index in [-0.39, 0.29) is 17.9 Å². The molecule has 0 aliphatic carbocycles. The molecule has 0 radical (unpaired) electrons. The van der Waals surface area contributed by atoms with E-state index in [1.807, 2.05) is 62.4 Å². The summed E-state index contributed by atoms with van der Waals surface area (Å²) in [5.74, 6) is -0.0483. The molecule has 33 heavy (non-hydrogen) atoms. The van der Waals surface area contributed by atoms with Crippen LogP contribution in [0.3, 0.4) is 0 Å². The lowest BCUT2D eigenvalue weighted by Gasteiger charge is -2.14. The lowest BCUT2D eigenvalue weighted by molar-refractivity contribution is 0.0996. The highest BCUT2D eigenvalue weighted by atomic mass is 32.1. The number of carbonyl (C=O) groups excluding carboxylic acids is 1. The summed E-state index contributed by atoms with van der Waals surface area (Å²) in [7, 11) is 1.77. The molecule has 0 aliphatic heterocycles. The Bertz CT molecular complexity index is 1430. The molecule has 0 saturated carbocycles. The van der Waals surface area contributed by atoms with Crippen molar-refractivity contribution in [2.45, 2.75) is 13.8 Å². The van der Waals surface area contributed by atoms with E-state index in [0.29, 0.717) is 16.2 Å². The molecule has 2 N–H and O–H groups in total. The maximum atomic E-state index is 13.1. The van der Waals surface area contributed by atoms with Crippen LogP contribution in [0.5, 0.6) is 0 Å². The summed E-state index contributed by atoms with van der Waals surface area (Å²) in [5.41, 5.74) is 5.35. The van der Waals surface area contributed by atoms with Crippen LogP contribution in [-0.2, 0) is 7.05 Å². The third-order valence-electron chi connectivity index (χ3n) is 5.54. The van der Waals surface area contributed by atoms with Gasteiger partial charge in [0, 0.05) is 41.1 Å². The zero-order chi connectivity index (χ0) is 23.5. The molecule has 0 spiro atoms. The number of nitrogens with one attached hydrogen (secondary N) is 2. The molecule has 4 rings (SSSR count). The number of ketones is 1. The molecular formula is C26H24N4O2S. The topological polar surface area (TPSA) is 76.0 Å². The van der Waals surface area contributed by atoms with Crippen LogP contribution in [0.15, 0.2) is 71.7 Å². The fourth-order valence-corrected chi connectivity index (χ4v) is 3.90. The quantitative estimate of drug-likeness (QED) is 0.343. The molecule has 6 nitrogen and oxygen atoms in total. The number of aryl methyl sites for hydroxylation is 3. The highest BCUT2D eigenvalue weighted by Crippen LogP contribution is 2.26. The van der Waals surface area contributed by atoms with Gasteiger partial charge in [-0.3, -0.25) is 14.6 Å². The average Bonchev–Trinajstić information content (AvgIpc) is 2.82. The van der Waals surface area contributed by atoms with Crippen LogP contribution in [-0.4, -0.2) is 27.0 Å². The van der Waals surface area contributed by atoms with Crippen LogP contribution < -0.4 is 16.2 Å². The van der Waals surface area contributed by atoms with Gasteiger partial charge in [-0.1, -0.05) is 36.4 Å². The van der Waals surface area contributed by atoms with E-state index >= 15 is 0 Å². The summed E-state index contributed by atoms with van der Waals surface area (Å²) in [6, 6.07) is 18.6. The number of Topliss-reactive ketones (excluding diaryl/α,β-unsaturated/α-hetero) is 1. The molecule has 7 heteroatoms. The van der Waals surface area contributed by atoms with E-state index < -0.39 is 0 Å². The SMILES string of the molecule is Cc1cc2c(cn1)cc(-c1cc(NC(=S)NCC(=O)c3ccccc3)ccc1C)c(=O)n2C. The van der Waals surface area contributed by atoms with Crippen molar-refractivity contribution in [3.05, 3.63) is 94.0 Å². The first-order chi connectivity index (χ1) is 15.8. The Kier molecular flexibility index (Phi) is 6.33. The zero-order valence-electron chi connectivity index (χ0n) is 18.7. The van der Waals surface area contributed by atoms with Crippen molar-refractivity contribution in [2.75, 3.05) is 11.9 Å².